The van der Waals surface area contributed by atoms with Crippen LogP contribution in [0.2, 0.25) is 0 Å². The maximum atomic E-state index is 12.5. The molecule has 0 unspecified atom stereocenters. The fraction of sp³-hybridized carbons (Fsp3) is 0.588. The zero-order valence-electron chi connectivity index (χ0n) is 12.6. The third kappa shape index (κ3) is 4.46. The van der Waals surface area contributed by atoms with Crippen LogP contribution in [0.1, 0.15) is 44.1 Å². The first-order valence-electron chi connectivity index (χ1n) is 7.96. The summed E-state index contributed by atoms with van der Waals surface area (Å²) in [5.41, 5.74) is 7.69. The van der Waals surface area contributed by atoms with Gasteiger partial charge in [-0.25, -0.2) is 0 Å². The molecule has 4 nitrogen and oxygen atoms in total. The lowest BCUT2D eigenvalue weighted by atomic mass is 9.93. The monoisotopic (exact) mass is 290 g/mol. The molecule has 4 heteroatoms. The number of aliphatic hydroxyl groups is 1. The van der Waals surface area contributed by atoms with Crippen LogP contribution in [-0.2, 0) is 11.2 Å². The van der Waals surface area contributed by atoms with E-state index in [0.717, 1.165) is 24.1 Å². The number of nitrogens with two attached hydrogens (primary N) is 1. The third-order valence-electron chi connectivity index (χ3n) is 4.34. The van der Waals surface area contributed by atoms with E-state index >= 15 is 0 Å². The highest BCUT2D eigenvalue weighted by molar-refractivity contribution is 5.77. The highest BCUT2D eigenvalue weighted by atomic mass is 16.3. The van der Waals surface area contributed by atoms with E-state index in [1.807, 2.05) is 29.2 Å². The summed E-state index contributed by atoms with van der Waals surface area (Å²) < 4.78 is 0. The number of nitrogen functional groups attached to an aromatic ring is 1. The minimum Gasteiger partial charge on any atom is -0.399 e. The zero-order valence-corrected chi connectivity index (χ0v) is 12.6. The fourth-order valence-corrected chi connectivity index (χ4v) is 3.16. The Balaban J connectivity index is 1.93. The summed E-state index contributed by atoms with van der Waals surface area (Å²) in [6.45, 7) is 0.490. The molecule has 0 bridgehead atoms. The van der Waals surface area contributed by atoms with Crippen molar-refractivity contribution in [3.63, 3.8) is 0 Å². The fourth-order valence-electron chi connectivity index (χ4n) is 3.16. The van der Waals surface area contributed by atoms with Gasteiger partial charge >= 0.3 is 0 Å². The number of hydrogen-bond donors (Lipinski definition) is 2. The van der Waals surface area contributed by atoms with E-state index in [-0.39, 0.29) is 12.5 Å². The average molecular weight is 290 g/mol. The molecular formula is C17H26N2O2. The van der Waals surface area contributed by atoms with Gasteiger partial charge in [0.05, 0.1) is 6.61 Å². The van der Waals surface area contributed by atoms with Crippen molar-refractivity contribution in [2.45, 2.75) is 51.0 Å². The maximum absolute atomic E-state index is 12.5. The van der Waals surface area contributed by atoms with E-state index in [9.17, 15) is 9.90 Å². The second-order valence-corrected chi connectivity index (χ2v) is 5.80. The first-order chi connectivity index (χ1) is 10.2. The number of rotatable bonds is 6. The number of para-hydroxylation sites is 1. The normalized spacial score (nSPS) is 15.9. The molecule has 116 valence electrons. The highest BCUT2D eigenvalue weighted by Crippen LogP contribution is 2.23. The van der Waals surface area contributed by atoms with Gasteiger partial charge < -0.3 is 15.7 Å². The molecule has 0 atom stereocenters. The van der Waals surface area contributed by atoms with Gasteiger partial charge in [-0.15, -0.1) is 0 Å². The molecule has 0 aromatic heterocycles. The van der Waals surface area contributed by atoms with E-state index < -0.39 is 0 Å². The van der Waals surface area contributed by atoms with E-state index in [2.05, 4.69) is 0 Å². The summed E-state index contributed by atoms with van der Waals surface area (Å²) in [5.74, 6) is 0.138. The lowest BCUT2D eigenvalue weighted by molar-refractivity contribution is -0.134. The third-order valence-corrected chi connectivity index (χ3v) is 4.34. The van der Waals surface area contributed by atoms with Gasteiger partial charge in [0, 0.05) is 24.7 Å². The largest absolute Gasteiger partial charge is 0.399 e. The number of aliphatic hydroxyl groups excluding tert-OH is 1. The second-order valence-electron chi connectivity index (χ2n) is 5.80. The van der Waals surface area contributed by atoms with Gasteiger partial charge in [-0.3, -0.25) is 4.79 Å². The van der Waals surface area contributed by atoms with Crippen LogP contribution < -0.4 is 5.73 Å². The molecule has 0 saturated heterocycles. The summed E-state index contributed by atoms with van der Waals surface area (Å²) in [6.07, 6.45) is 6.90. The van der Waals surface area contributed by atoms with Gasteiger partial charge in [0.1, 0.15) is 0 Å². The number of carbonyl (C=O) groups excluding carboxylic acids is 1. The molecule has 1 aliphatic rings. The van der Waals surface area contributed by atoms with Crippen LogP contribution in [0.4, 0.5) is 5.69 Å². The molecule has 1 saturated carbocycles. The number of nitrogens with zero attached hydrogens (tertiary/aromatic N) is 1. The Bertz CT molecular complexity index is 456. The SMILES string of the molecule is Nc1ccccc1CCC(=O)N(CCO)C1CCCCC1. The van der Waals surface area contributed by atoms with Crippen molar-refractivity contribution in [3.8, 4) is 0 Å². The number of hydrogen-bond acceptors (Lipinski definition) is 3. The summed E-state index contributed by atoms with van der Waals surface area (Å²) in [4.78, 5) is 14.4. The lowest BCUT2D eigenvalue weighted by Crippen LogP contribution is -2.43. The number of amides is 1. The van der Waals surface area contributed by atoms with Gasteiger partial charge in [-0.2, -0.15) is 0 Å². The first kappa shape index (κ1) is 15.8. The van der Waals surface area contributed by atoms with Gasteiger partial charge in [0.15, 0.2) is 0 Å². The summed E-state index contributed by atoms with van der Waals surface area (Å²) in [7, 11) is 0. The Morgan fingerprint density at radius 1 is 1.24 bits per heavy atom. The van der Waals surface area contributed by atoms with Gasteiger partial charge in [0.25, 0.3) is 0 Å². The molecule has 0 spiro atoms. The standard InChI is InChI=1S/C17H26N2O2/c18-16-9-5-4-6-14(16)10-11-17(21)19(12-13-20)15-7-2-1-3-8-15/h4-6,9,15,20H,1-3,7-8,10-13,18H2. The van der Waals surface area contributed by atoms with Gasteiger partial charge in [-0.1, -0.05) is 37.5 Å². The van der Waals surface area contributed by atoms with Gasteiger partial charge in [0.2, 0.25) is 5.91 Å². The van der Waals surface area contributed by atoms with Crippen molar-refractivity contribution in [1.82, 2.24) is 4.90 Å². The second kappa shape index (κ2) is 8.03. The molecule has 21 heavy (non-hydrogen) atoms. The van der Waals surface area contributed by atoms with E-state index in [1.165, 1.54) is 19.3 Å². The molecule has 3 N–H and O–H groups in total. The van der Waals surface area contributed by atoms with Crippen LogP contribution in [0, 0.1) is 0 Å². The predicted molar refractivity (Wildman–Crippen MR) is 84.8 cm³/mol. The van der Waals surface area contributed by atoms with Crippen molar-refractivity contribution in [2.75, 3.05) is 18.9 Å². The summed E-state index contributed by atoms with van der Waals surface area (Å²) in [5, 5.41) is 9.23. The van der Waals surface area contributed by atoms with E-state index in [4.69, 9.17) is 5.73 Å². The minimum absolute atomic E-state index is 0.0374. The Kier molecular flexibility index (Phi) is 6.05. The van der Waals surface area contributed by atoms with Crippen molar-refractivity contribution in [1.29, 1.82) is 0 Å². The Hall–Kier alpha value is -1.55. The molecule has 1 amide bonds. The molecular weight excluding hydrogens is 264 g/mol. The lowest BCUT2D eigenvalue weighted by Gasteiger charge is -2.34. The van der Waals surface area contributed by atoms with Crippen LogP contribution in [0.25, 0.3) is 0 Å². The van der Waals surface area contributed by atoms with Crippen LogP contribution in [0.3, 0.4) is 0 Å². The smallest absolute Gasteiger partial charge is 0.223 e. The zero-order chi connectivity index (χ0) is 15.1. The van der Waals surface area contributed by atoms with Crippen molar-refractivity contribution in [2.24, 2.45) is 0 Å². The summed E-state index contributed by atoms with van der Waals surface area (Å²) in [6, 6.07) is 8.00. The predicted octanol–water partition coefficient (Wildman–Crippen LogP) is 2.36. The number of aryl methyl sites for hydroxylation is 1. The van der Waals surface area contributed by atoms with Crippen LogP contribution in [0.15, 0.2) is 24.3 Å². The van der Waals surface area contributed by atoms with Crippen molar-refractivity contribution >= 4 is 11.6 Å². The molecule has 0 radical (unpaired) electrons. The van der Waals surface area contributed by atoms with E-state index in [0.29, 0.717) is 25.4 Å². The van der Waals surface area contributed by atoms with Gasteiger partial charge in [-0.05, 0) is 30.9 Å². The molecule has 1 aromatic rings. The molecule has 0 aliphatic heterocycles. The Morgan fingerprint density at radius 3 is 2.62 bits per heavy atom. The minimum atomic E-state index is 0.0374. The topological polar surface area (TPSA) is 66.6 Å². The molecule has 2 rings (SSSR count). The molecule has 1 aromatic carbocycles. The maximum Gasteiger partial charge on any atom is 0.223 e. The van der Waals surface area contributed by atoms with Crippen molar-refractivity contribution < 1.29 is 9.90 Å². The first-order valence-corrected chi connectivity index (χ1v) is 7.96. The van der Waals surface area contributed by atoms with Crippen LogP contribution >= 0.6 is 0 Å². The number of carbonyl (C=O) groups is 1. The van der Waals surface area contributed by atoms with Crippen molar-refractivity contribution in [3.05, 3.63) is 29.8 Å². The highest BCUT2D eigenvalue weighted by Gasteiger charge is 2.24. The molecule has 0 heterocycles. The Morgan fingerprint density at radius 2 is 1.95 bits per heavy atom. The summed E-state index contributed by atoms with van der Waals surface area (Å²) >= 11 is 0. The number of anilines is 1. The molecule has 1 aliphatic carbocycles. The molecule has 1 fully saturated rings. The average Bonchev–Trinajstić information content (AvgIpc) is 2.52. The van der Waals surface area contributed by atoms with Crippen LogP contribution in [0.5, 0.6) is 0 Å². The number of benzene rings is 1. The quantitative estimate of drug-likeness (QED) is 0.790. The van der Waals surface area contributed by atoms with Crippen LogP contribution in [-0.4, -0.2) is 35.1 Å². The van der Waals surface area contributed by atoms with E-state index in [1.54, 1.807) is 0 Å². The Labute approximate surface area is 126 Å².